The van der Waals surface area contributed by atoms with Crippen molar-refractivity contribution in [3.8, 4) is 0 Å². The van der Waals surface area contributed by atoms with Gasteiger partial charge in [0.25, 0.3) is 0 Å². The minimum absolute atomic E-state index is 0.00125. The fraction of sp³-hybridized carbons (Fsp3) is 1.00. The molecule has 3 rings (SSSR count). The van der Waals surface area contributed by atoms with Gasteiger partial charge in [0.1, 0.15) is 0 Å². The maximum absolute atomic E-state index is 2.70. The smallest absolute Gasteiger partial charge is 0.0172 e. The zero-order chi connectivity index (χ0) is 21.2. The Morgan fingerprint density at radius 1 is 0.552 bits per heavy atom. The van der Waals surface area contributed by atoms with Gasteiger partial charge in [0.05, 0.1) is 0 Å². The SMILES string of the molecule is C[C@@H](C1CCCC1C(C1CCCCC1)C1CCCCC1)P(C(C)(C)C)C(C)(C)C. The Hall–Kier alpha value is 0.430. The minimum Gasteiger partial charge on any atom is -0.0924 e. The lowest BCUT2D eigenvalue weighted by molar-refractivity contribution is 0.0672. The van der Waals surface area contributed by atoms with E-state index in [1.165, 1.54) is 51.4 Å². The van der Waals surface area contributed by atoms with Crippen LogP contribution in [-0.2, 0) is 0 Å². The van der Waals surface area contributed by atoms with E-state index in [0.29, 0.717) is 10.3 Å². The highest BCUT2D eigenvalue weighted by atomic mass is 31.1. The summed E-state index contributed by atoms with van der Waals surface area (Å²) in [5.74, 6) is 5.27. The lowest BCUT2D eigenvalue weighted by Gasteiger charge is -2.50. The Bertz CT molecular complexity index is 451. The summed E-state index contributed by atoms with van der Waals surface area (Å²) in [5.41, 5.74) is 0.923. The van der Waals surface area contributed by atoms with Crippen LogP contribution in [-0.4, -0.2) is 16.0 Å². The van der Waals surface area contributed by atoms with Gasteiger partial charge in [-0.2, -0.15) is 0 Å². The third-order valence-electron chi connectivity index (χ3n) is 8.98. The van der Waals surface area contributed by atoms with Crippen LogP contribution in [0.1, 0.15) is 132 Å². The van der Waals surface area contributed by atoms with Gasteiger partial charge in [-0.15, -0.1) is 0 Å². The summed E-state index contributed by atoms with van der Waals surface area (Å²) in [6, 6.07) is 0. The van der Waals surface area contributed by atoms with Crippen molar-refractivity contribution in [3.05, 3.63) is 0 Å². The summed E-state index contributed by atoms with van der Waals surface area (Å²) in [6.07, 6.45) is 20.0. The first-order chi connectivity index (χ1) is 13.6. The topological polar surface area (TPSA) is 0 Å². The van der Waals surface area contributed by atoms with Crippen molar-refractivity contribution >= 4 is 7.92 Å². The molecule has 3 aliphatic carbocycles. The molecule has 0 amide bonds. The summed E-state index contributed by atoms with van der Waals surface area (Å²) in [6.45, 7) is 18.0. The van der Waals surface area contributed by atoms with E-state index in [-0.39, 0.29) is 7.92 Å². The van der Waals surface area contributed by atoms with Gasteiger partial charge in [-0.1, -0.05) is 127 Å². The molecule has 2 unspecified atom stereocenters. The summed E-state index contributed by atoms with van der Waals surface area (Å²) < 4.78 is 0. The molecule has 0 aromatic carbocycles. The van der Waals surface area contributed by atoms with Crippen LogP contribution in [0.5, 0.6) is 0 Å². The van der Waals surface area contributed by atoms with Gasteiger partial charge in [0.2, 0.25) is 0 Å². The standard InChI is InChI=1S/C28H53P/c1-21(29(27(2,3)4)28(5,6)7)24-19-14-20-25(24)26(22-15-10-8-11-16-22)23-17-12-9-13-18-23/h21-26H,8-20H2,1-7H3/t21-,24?,25?/m0/s1. The van der Waals surface area contributed by atoms with Crippen molar-refractivity contribution in [2.45, 2.75) is 148 Å². The predicted octanol–water partition coefficient (Wildman–Crippen LogP) is 9.65. The van der Waals surface area contributed by atoms with Crippen LogP contribution in [0.25, 0.3) is 0 Å². The van der Waals surface area contributed by atoms with E-state index >= 15 is 0 Å². The Kier molecular flexibility index (Phi) is 8.24. The van der Waals surface area contributed by atoms with E-state index in [0.717, 1.165) is 35.2 Å². The predicted molar refractivity (Wildman–Crippen MR) is 133 cm³/mol. The van der Waals surface area contributed by atoms with Gasteiger partial charge in [0.15, 0.2) is 0 Å². The molecule has 3 atom stereocenters. The van der Waals surface area contributed by atoms with Gasteiger partial charge >= 0.3 is 0 Å². The summed E-state index contributed by atoms with van der Waals surface area (Å²) in [5, 5.41) is 0.927. The molecule has 29 heavy (non-hydrogen) atoms. The monoisotopic (exact) mass is 420 g/mol. The molecule has 0 radical (unpaired) electrons. The molecule has 3 fully saturated rings. The summed E-state index contributed by atoms with van der Waals surface area (Å²) >= 11 is 0. The molecule has 0 saturated heterocycles. The van der Waals surface area contributed by atoms with Crippen molar-refractivity contribution in [2.75, 3.05) is 0 Å². The van der Waals surface area contributed by atoms with Crippen LogP contribution >= 0.6 is 7.92 Å². The molecule has 170 valence electrons. The number of rotatable bonds is 5. The second-order valence-corrected chi connectivity index (χ2v) is 17.3. The normalized spacial score (nSPS) is 29.7. The van der Waals surface area contributed by atoms with Crippen molar-refractivity contribution in [3.63, 3.8) is 0 Å². The molecule has 0 N–H and O–H groups in total. The molecule has 1 heteroatoms. The van der Waals surface area contributed by atoms with E-state index in [1.807, 2.05) is 0 Å². The molecule has 3 saturated carbocycles. The van der Waals surface area contributed by atoms with Crippen molar-refractivity contribution in [1.82, 2.24) is 0 Å². The van der Waals surface area contributed by atoms with E-state index in [9.17, 15) is 0 Å². The van der Waals surface area contributed by atoms with Gasteiger partial charge < -0.3 is 0 Å². The molecule has 0 aromatic heterocycles. The van der Waals surface area contributed by atoms with Gasteiger partial charge in [0, 0.05) is 0 Å². The van der Waals surface area contributed by atoms with Crippen molar-refractivity contribution in [1.29, 1.82) is 0 Å². The average Bonchev–Trinajstić information content (AvgIpc) is 3.11. The second kappa shape index (κ2) is 9.92. The summed E-state index contributed by atoms with van der Waals surface area (Å²) in [7, 11) is -0.00125. The van der Waals surface area contributed by atoms with E-state index in [4.69, 9.17) is 0 Å². The molecule has 0 aromatic rings. The molecule has 3 aliphatic rings. The molecular weight excluding hydrogens is 367 g/mol. The maximum atomic E-state index is 2.70. The van der Waals surface area contributed by atoms with Crippen LogP contribution in [0.15, 0.2) is 0 Å². The zero-order valence-corrected chi connectivity index (χ0v) is 22.0. The van der Waals surface area contributed by atoms with Crippen molar-refractivity contribution in [2.24, 2.45) is 29.6 Å². The highest BCUT2D eigenvalue weighted by Crippen LogP contribution is 2.66. The van der Waals surface area contributed by atoms with E-state index in [2.05, 4.69) is 48.5 Å². The Labute approximate surface area is 185 Å². The average molecular weight is 421 g/mol. The molecule has 0 aliphatic heterocycles. The highest BCUT2D eigenvalue weighted by molar-refractivity contribution is 7.61. The molecule has 0 heterocycles. The minimum atomic E-state index is -0.00125. The zero-order valence-electron chi connectivity index (χ0n) is 21.1. The van der Waals surface area contributed by atoms with Gasteiger partial charge in [-0.25, -0.2) is 0 Å². The van der Waals surface area contributed by atoms with Crippen molar-refractivity contribution < 1.29 is 0 Å². The fourth-order valence-corrected chi connectivity index (χ4v) is 13.8. The van der Waals surface area contributed by atoms with Crippen LogP contribution in [0, 0.1) is 29.6 Å². The molecule has 0 spiro atoms. The van der Waals surface area contributed by atoms with Crippen LogP contribution in [0.4, 0.5) is 0 Å². The molecular formula is C28H53P. The largest absolute Gasteiger partial charge is 0.0924 e. The third-order valence-corrected chi connectivity index (χ3v) is 13.1. The van der Waals surface area contributed by atoms with Crippen LogP contribution in [0.2, 0.25) is 0 Å². The number of hydrogen-bond acceptors (Lipinski definition) is 0. The van der Waals surface area contributed by atoms with Crippen LogP contribution in [0.3, 0.4) is 0 Å². The quantitative estimate of drug-likeness (QED) is 0.388. The lowest BCUT2D eigenvalue weighted by Crippen LogP contribution is -2.40. The first kappa shape index (κ1) is 24.1. The highest BCUT2D eigenvalue weighted by Gasteiger charge is 2.48. The third kappa shape index (κ3) is 5.82. The summed E-state index contributed by atoms with van der Waals surface area (Å²) in [4.78, 5) is 0. The first-order valence-corrected chi connectivity index (χ1v) is 14.8. The van der Waals surface area contributed by atoms with Gasteiger partial charge in [-0.3, -0.25) is 0 Å². The number of hydrogen-bond donors (Lipinski definition) is 0. The Morgan fingerprint density at radius 3 is 1.38 bits per heavy atom. The molecule has 0 bridgehead atoms. The van der Waals surface area contributed by atoms with E-state index in [1.54, 1.807) is 32.1 Å². The fourth-order valence-electron chi connectivity index (χ4n) is 8.64. The Balaban J connectivity index is 1.86. The maximum Gasteiger partial charge on any atom is -0.0172 e. The Morgan fingerprint density at radius 2 is 0.966 bits per heavy atom. The second-order valence-electron chi connectivity index (χ2n) is 13.1. The van der Waals surface area contributed by atoms with E-state index < -0.39 is 0 Å². The van der Waals surface area contributed by atoms with Crippen LogP contribution < -0.4 is 0 Å². The lowest BCUT2D eigenvalue weighted by atomic mass is 9.62. The molecule has 0 nitrogen and oxygen atoms in total. The first-order valence-electron chi connectivity index (χ1n) is 13.4. The van der Waals surface area contributed by atoms with Gasteiger partial charge in [-0.05, 0) is 58.4 Å².